The fourth-order valence-electron chi connectivity index (χ4n) is 4.34. The summed E-state index contributed by atoms with van der Waals surface area (Å²) in [6, 6.07) is 21.9. The highest BCUT2D eigenvalue weighted by atomic mass is 16.7. The normalized spacial score (nSPS) is 14.0. The highest BCUT2D eigenvalue weighted by Gasteiger charge is 2.34. The predicted molar refractivity (Wildman–Crippen MR) is 173 cm³/mol. The lowest BCUT2D eigenvalue weighted by molar-refractivity contribution is -0.179. The van der Waals surface area contributed by atoms with Crippen molar-refractivity contribution in [2.75, 3.05) is 51.6 Å². The lowest BCUT2D eigenvalue weighted by Crippen LogP contribution is -2.44. The molecule has 10 heteroatoms. The van der Waals surface area contributed by atoms with E-state index in [1.807, 2.05) is 36.4 Å². The Bertz CT molecular complexity index is 1370. The number of nitrogens with one attached hydrogen (secondary N) is 1. The number of ether oxygens (including phenoxy) is 7. The van der Waals surface area contributed by atoms with E-state index in [0.717, 1.165) is 43.4 Å². The van der Waals surface area contributed by atoms with Gasteiger partial charge in [-0.25, -0.2) is 4.79 Å². The molecule has 1 atom stereocenters. The Labute approximate surface area is 270 Å². The molecule has 0 radical (unpaired) electrons. The number of rotatable bonds is 20. The summed E-state index contributed by atoms with van der Waals surface area (Å²) in [5.41, 5.74) is 2.23. The van der Waals surface area contributed by atoms with Crippen LogP contribution in [0.15, 0.2) is 85.5 Å². The van der Waals surface area contributed by atoms with Gasteiger partial charge in [0.1, 0.15) is 37.1 Å². The third kappa shape index (κ3) is 11.5. The Kier molecular flexibility index (Phi) is 13.5. The largest absolute Gasteiger partial charge is 0.491 e. The molecule has 0 aromatic heterocycles. The van der Waals surface area contributed by atoms with Crippen molar-refractivity contribution in [2.24, 2.45) is 5.41 Å². The molecule has 1 aliphatic heterocycles. The first-order valence-electron chi connectivity index (χ1n) is 15.4. The van der Waals surface area contributed by atoms with Gasteiger partial charge in [-0.15, -0.1) is 0 Å². The van der Waals surface area contributed by atoms with Crippen LogP contribution < -0.4 is 19.5 Å². The highest BCUT2D eigenvalue weighted by Crippen LogP contribution is 2.28. The second-order valence-corrected chi connectivity index (χ2v) is 11.2. The average Bonchev–Trinajstić information content (AvgIpc) is 3.06. The summed E-state index contributed by atoms with van der Waals surface area (Å²) in [6.45, 7) is 11.1. The van der Waals surface area contributed by atoms with E-state index in [2.05, 4.69) is 25.7 Å². The van der Waals surface area contributed by atoms with Gasteiger partial charge in [-0.1, -0.05) is 39.0 Å². The van der Waals surface area contributed by atoms with Crippen LogP contribution >= 0.6 is 0 Å². The molecular weight excluding hydrogens is 590 g/mol. The molecule has 3 aromatic rings. The third-order valence-corrected chi connectivity index (χ3v) is 7.00. The summed E-state index contributed by atoms with van der Waals surface area (Å²) in [5.74, 6) is 1.33. The van der Waals surface area contributed by atoms with Crippen LogP contribution in [0.3, 0.4) is 0 Å². The number of carbonyl (C=O) groups excluding carboxylic acids is 2. The van der Waals surface area contributed by atoms with Crippen LogP contribution in [-0.2, 0) is 30.3 Å². The standard InChI is InChI=1S/C36H43NO9/c1-4-6-34(45-26-36(3)24-41-25-36)46-32-13-7-27(8-14-32)23-44-31-17-11-29(12-18-31)37-35(39)28-9-15-30(16-10-28)42-21-19-40-20-22-43-33(38)5-2/h5,7-18,34H,2,4,6,19-26H2,1,3H3,(H,37,39). The van der Waals surface area contributed by atoms with E-state index >= 15 is 0 Å². The summed E-state index contributed by atoms with van der Waals surface area (Å²) in [5, 5.41) is 2.89. The van der Waals surface area contributed by atoms with Crippen LogP contribution in [-0.4, -0.2) is 64.4 Å². The predicted octanol–water partition coefficient (Wildman–Crippen LogP) is 6.20. The van der Waals surface area contributed by atoms with E-state index in [1.54, 1.807) is 36.4 Å². The van der Waals surface area contributed by atoms with Crippen LogP contribution in [0.25, 0.3) is 0 Å². The Morgan fingerprint density at radius 1 is 0.891 bits per heavy atom. The number of carbonyl (C=O) groups is 2. The molecule has 1 fully saturated rings. The number of hydrogen-bond acceptors (Lipinski definition) is 9. The number of benzene rings is 3. The summed E-state index contributed by atoms with van der Waals surface area (Å²) >= 11 is 0. The van der Waals surface area contributed by atoms with Crippen LogP contribution in [0.5, 0.6) is 17.2 Å². The molecule has 0 aliphatic carbocycles. The summed E-state index contributed by atoms with van der Waals surface area (Å²) in [4.78, 5) is 23.7. The highest BCUT2D eigenvalue weighted by molar-refractivity contribution is 6.04. The molecule has 1 heterocycles. The van der Waals surface area contributed by atoms with E-state index in [1.165, 1.54) is 0 Å². The zero-order valence-corrected chi connectivity index (χ0v) is 26.5. The molecule has 0 saturated carbocycles. The molecule has 1 unspecified atom stereocenters. The maximum absolute atomic E-state index is 12.7. The first kappa shape index (κ1) is 34.5. The number of amides is 1. The van der Waals surface area contributed by atoms with Gasteiger partial charge in [-0.2, -0.15) is 0 Å². The van der Waals surface area contributed by atoms with Crippen LogP contribution in [0.1, 0.15) is 42.6 Å². The fourth-order valence-corrected chi connectivity index (χ4v) is 4.34. The van der Waals surface area contributed by atoms with Gasteiger partial charge in [0.2, 0.25) is 0 Å². The van der Waals surface area contributed by atoms with Gasteiger partial charge in [0.15, 0.2) is 6.29 Å². The minimum atomic E-state index is -0.483. The first-order valence-corrected chi connectivity index (χ1v) is 15.4. The van der Waals surface area contributed by atoms with Crippen molar-refractivity contribution < 1.29 is 42.7 Å². The Morgan fingerprint density at radius 2 is 1.54 bits per heavy atom. The van der Waals surface area contributed by atoms with Gasteiger partial charge in [0.25, 0.3) is 5.91 Å². The lowest BCUT2D eigenvalue weighted by atomic mass is 9.90. The van der Waals surface area contributed by atoms with Crippen LogP contribution in [0.2, 0.25) is 0 Å². The van der Waals surface area contributed by atoms with E-state index in [-0.39, 0.29) is 30.8 Å². The summed E-state index contributed by atoms with van der Waals surface area (Å²) in [6.07, 6.45) is 2.60. The smallest absolute Gasteiger partial charge is 0.330 e. The molecule has 4 rings (SSSR count). The lowest BCUT2D eigenvalue weighted by Gasteiger charge is -2.38. The molecule has 1 aliphatic rings. The van der Waals surface area contributed by atoms with Gasteiger partial charge in [0.05, 0.1) is 33.0 Å². The summed E-state index contributed by atoms with van der Waals surface area (Å²) in [7, 11) is 0. The molecule has 0 bridgehead atoms. The van der Waals surface area contributed by atoms with Gasteiger partial charge >= 0.3 is 5.97 Å². The van der Waals surface area contributed by atoms with Gasteiger partial charge in [0, 0.05) is 29.2 Å². The van der Waals surface area contributed by atoms with Crippen LogP contribution in [0, 0.1) is 5.41 Å². The van der Waals surface area contributed by atoms with Crippen molar-refractivity contribution in [1.82, 2.24) is 0 Å². The van der Waals surface area contributed by atoms with Crippen molar-refractivity contribution in [3.05, 3.63) is 96.6 Å². The fraction of sp³-hybridized carbons (Fsp3) is 0.389. The van der Waals surface area contributed by atoms with Crippen molar-refractivity contribution in [3.8, 4) is 17.2 Å². The first-order chi connectivity index (χ1) is 22.4. The van der Waals surface area contributed by atoms with E-state index in [9.17, 15) is 9.59 Å². The van der Waals surface area contributed by atoms with Crippen molar-refractivity contribution >= 4 is 17.6 Å². The van der Waals surface area contributed by atoms with Gasteiger partial charge < -0.3 is 38.5 Å². The second-order valence-electron chi connectivity index (χ2n) is 11.2. The molecule has 0 spiro atoms. The van der Waals surface area contributed by atoms with Crippen molar-refractivity contribution in [1.29, 1.82) is 0 Å². The second kappa shape index (κ2) is 17.9. The minimum absolute atomic E-state index is 0.0779. The number of anilines is 1. The molecule has 1 amide bonds. The monoisotopic (exact) mass is 633 g/mol. The molecule has 1 saturated heterocycles. The van der Waals surface area contributed by atoms with E-state index < -0.39 is 5.97 Å². The SMILES string of the molecule is C=CC(=O)OCCOCCOc1ccc(C(=O)Nc2ccc(OCc3ccc(OC(CCC)OCC4(C)COC4)cc3)cc2)cc1. The van der Waals surface area contributed by atoms with Gasteiger partial charge in [-0.3, -0.25) is 4.79 Å². The van der Waals surface area contributed by atoms with Crippen molar-refractivity contribution in [2.45, 2.75) is 39.6 Å². The number of esters is 1. The molecule has 246 valence electrons. The molecule has 3 aromatic carbocycles. The Balaban J connectivity index is 1.14. The zero-order valence-electron chi connectivity index (χ0n) is 26.5. The quantitative estimate of drug-likeness (QED) is 0.0673. The Hall–Kier alpha value is -4.38. The zero-order chi connectivity index (χ0) is 32.6. The topological polar surface area (TPSA) is 111 Å². The minimum Gasteiger partial charge on any atom is -0.491 e. The summed E-state index contributed by atoms with van der Waals surface area (Å²) < 4.78 is 39.2. The maximum Gasteiger partial charge on any atom is 0.330 e. The third-order valence-electron chi connectivity index (χ3n) is 7.00. The van der Waals surface area contributed by atoms with E-state index in [0.29, 0.717) is 49.2 Å². The average molecular weight is 634 g/mol. The Morgan fingerprint density at radius 3 is 2.20 bits per heavy atom. The number of hydrogen-bond donors (Lipinski definition) is 1. The maximum atomic E-state index is 12.7. The molecule has 1 N–H and O–H groups in total. The molecule has 10 nitrogen and oxygen atoms in total. The molecule has 46 heavy (non-hydrogen) atoms. The van der Waals surface area contributed by atoms with Crippen LogP contribution in [0.4, 0.5) is 5.69 Å². The van der Waals surface area contributed by atoms with Crippen molar-refractivity contribution in [3.63, 3.8) is 0 Å². The van der Waals surface area contributed by atoms with E-state index in [4.69, 9.17) is 33.2 Å². The molecular formula is C36H43NO9. The van der Waals surface area contributed by atoms with Gasteiger partial charge in [-0.05, 0) is 66.2 Å².